The fourth-order valence-corrected chi connectivity index (χ4v) is 10.1. The summed E-state index contributed by atoms with van der Waals surface area (Å²) in [6.45, 7) is 0. The summed E-state index contributed by atoms with van der Waals surface area (Å²) in [5.41, 5.74) is 3.85. The lowest BCUT2D eigenvalue weighted by molar-refractivity contribution is -0.135. The van der Waals surface area contributed by atoms with E-state index < -0.39 is 35.0 Å². The first-order chi connectivity index (χ1) is 27.8. The van der Waals surface area contributed by atoms with Gasteiger partial charge in [-0.05, 0) is 78.4 Å². The molecule has 0 bridgehead atoms. The van der Waals surface area contributed by atoms with Crippen molar-refractivity contribution < 1.29 is 33.4 Å². The maximum Gasteiger partial charge on any atom is 0.238 e. The Bertz CT molecular complexity index is 2670. The molecule has 6 aromatic rings. The van der Waals surface area contributed by atoms with Crippen LogP contribution in [0.3, 0.4) is 0 Å². The second kappa shape index (κ2) is 13.1. The third-order valence-corrected chi connectivity index (χ3v) is 12.6. The highest BCUT2D eigenvalue weighted by Gasteiger charge is 2.66. The smallest absolute Gasteiger partial charge is 0.238 e. The first kappa shape index (κ1) is 34.6. The number of imide groups is 1. The molecule has 6 atom stereocenters. The summed E-state index contributed by atoms with van der Waals surface area (Å²) in [6, 6.07) is 37.9. The number of ether oxygens (including phenoxy) is 1. The highest BCUT2D eigenvalue weighted by Crippen LogP contribution is 2.64. The number of aromatic hydroxyl groups is 1. The molecular weight excluding hydrogens is 717 g/mol. The molecule has 9 heteroatoms. The van der Waals surface area contributed by atoms with Gasteiger partial charge in [0, 0.05) is 34.6 Å². The predicted molar refractivity (Wildman–Crippen MR) is 213 cm³/mol. The molecule has 4 aliphatic rings. The summed E-state index contributed by atoms with van der Waals surface area (Å²) in [5, 5.41) is 11.8. The molecule has 0 unspecified atom stereocenters. The van der Waals surface area contributed by atoms with Crippen LogP contribution in [0.5, 0.6) is 11.5 Å². The average molecular weight is 753 g/mol. The van der Waals surface area contributed by atoms with Gasteiger partial charge in [0.15, 0.2) is 17.1 Å². The number of allylic oxidation sites excluding steroid dienone is 4. The molecule has 1 aliphatic heterocycles. The minimum Gasteiger partial charge on any atom is -0.508 e. The number of hydrogen-bond donors (Lipinski definition) is 1. The van der Waals surface area contributed by atoms with Crippen LogP contribution in [0, 0.1) is 23.7 Å². The number of carbonyl (C=O) groups is 4. The maximum absolute atomic E-state index is 15.2. The number of fused-ring (bicyclic) bond motifs is 5. The Balaban J connectivity index is 1.10. The lowest BCUT2D eigenvalue weighted by Crippen LogP contribution is -2.58. The fourth-order valence-electron chi connectivity index (χ4n) is 10.1. The van der Waals surface area contributed by atoms with E-state index in [-0.39, 0.29) is 42.0 Å². The first-order valence-corrected chi connectivity index (χ1v) is 19.1. The molecule has 3 aliphatic carbocycles. The number of phenols is 1. The first-order valence-electron chi connectivity index (χ1n) is 19.1. The monoisotopic (exact) mass is 752 g/mol. The van der Waals surface area contributed by atoms with Crippen molar-refractivity contribution in [1.29, 1.82) is 0 Å². The standard InChI is InChI=1S/C48H36N2O7/c1-56-31-20-21-33(39(51)24-31)43-32-22-23-34-42(47(55)50(46(34)54)30-18-16-28(17-19-30)45-49-38-14-8-9-15-40(38)57-45)36(32)25-37-44(53)35(27-10-4-2-5-11-27)26-41(52)48(37,43)29-12-6-3-7-13-29/h2-22,24,26,34,36-37,42-43,51H,23,25H2,1H3/t34-,36+,37-,42-,43+,48-/m0/s1. The van der Waals surface area contributed by atoms with Crippen molar-refractivity contribution in [3.63, 3.8) is 0 Å². The lowest BCUT2D eigenvalue weighted by atomic mass is 9.44. The number of ketones is 2. The van der Waals surface area contributed by atoms with Crippen LogP contribution < -0.4 is 9.64 Å². The number of benzene rings is 5. The fraction of sp³-hybridized carbons (Fsp3) is 0.188. The Morgan fingerprint density at radius 2 is 1.51 bits per heavy atom. The number of carbonyl (C=O) groups excluding carboxylic acids is 4. The van der Waals surface area contributed by atoms with Crippen molar-refractivity contribution in [1.82, 2.24) is 4.98 Å². The zero-order valence-electron chi connectivity index (χ0n) is 30.9. The van der Waals surface area contributed by atoms with Gasteiger partial charge in [-0.15, -0.1) is 0 Å². The quantitative estimate of drug-likeness (QED) is 0.133. The van der Waals surface area contributed by atoms with Crippen LogP contribution in [0.25, 0.3) is 28.1 Å². The average Bonchev–Trinajstić information content (AvgIpc) is 3.80. The van der Waals surface area contributed by atoms with Crippen molar-refractivity contribution in [3.05, 3.63) is 162 Å². The van der Waals surface area contributed by atoms with Gasteiger partial charge in [-0.2, -0.15) is 0 Å². The summed E-state index contributed by atoms with van der Waals surface area (Å²) in [4.78, 5) is 65.4. The number of nitrogens with zero attached hydrogens (tertiary/aromatic N) is 2. The molecule has 57 heavy (non-hydrogen) atoms. The van der Waals surface area contributed by atoms with Crippen LogP contribution in [-0.2, 0) is 24.6 Å². The molecule has 0 radical (unpaired) electrons. The van der Waals surface area contributed by atoms with Crippen molar-refractivity contribution >= 4 is 45.7 Å². The van der Waals surface area contributed by atoms with Crippen molar-refractivity contribution in [2.45, 2.75) is 24.2 Å². The van der Waals surface area contributed by atoms with Gasteiger partial charge < -0.3 is 14.3 Å². The number of aromatic nitrogens is 1. The largest absolute Gasteiger partial charge is 0.508 e. The van der Waals surface area contributed by atoms with E-state index in [4.69, 9.17) is 9.15 Å². The molecule has 2 fully saturated rings. The highest BCUT2D eigenvalue weighted by atomic mass is 16.5. The van der Waals surface area contributed by atoms with E-state index in [9.17, 15) is 14.7 Å². The molecule has 1 saturated heterocycles. The number of phenolic OH excluding ortho intramolecular Hbond substituents is 1. The van der Waals surface area contributed by atoms with E-state index in [1.54, 1.807) is 36.4 Å². The Morgan fingerprint density at radius 1 is 0.789 bits per heavy atom. The van der Waals surface area contributed by atoms with Gasteiger partial charge in [-0.25, -0.2) is 4.98 Å². The molecule has 2 amide bonds. The summed E-state index contributed by atoms with van der Waals surface area (Å²) < 4.78 is 11.4. The summed E-state index contributed by atoms with van der Waals surface area (Å²) in [6.07, 6.45) is 3.88. The SMILES string of the molecule is COc1ccc([C@H]2C3=CC[C@@H]4C(=O)N(c5ccc(-c6nc7ccccc7o6)cc5)C(=O)[C@@H]4[C@@H]3C[C@H]3C(=O)C(c4ccccc4)=CC(=O)[C@@]23c2ccccc2)c(O)c1. The summed E-state index contributed by atoms with van der Waals surface area (Å²) >= 11 is 0. The van der Waals surface area contributed by atoms with E-state index in [2.05, 4.69) is 4.98 Å². The third-order valence-electron chi connectivity index (χ3n) is 12.6. The number of hydrogen-bond acceptors (Lipinski definition) is 8. The van der Waals surface area contributed by atoms with Crippen LogP contribution in [0.15, 0.2) is 150 Å². The summed E-state index contributed by atoms with van der Waals surface area (Å²) in [7, 11) is 1.51. The molecular formula is C48H36N2O7. The number of Topliss-reactive ketones (excluding diaryl/α,β-unsaturated/α-hetero) is 1. The number of methoxy groups -OCH3 is 1. The molecule has 0 spiro atoms. The van der Waals surface area contributed by atoms with E-state index in [0.29, 0.717) is 50.7 Å². The number of anilines is 1. The van der Waals surface area contributed by atoms with Gasteiger partial charge in [-0.1, -0.05) is 90.5 Å². The van der Waals surface area contributed by atoms with Gasteiger partial charge in [-0.3, -0.25) is 24.1 Å². The second-order valence-electron chi connectivity index (χ2n) is 15.3. The van der Waals surface area contributed by atoms with Crippen molar-refractivity contribution in [2.75, 3.05) is 12.0 Å². The van der Waals surface area contributed by atoms with Crippen molar-refractivity contribution in [2.24, 2.45) is 23.7 Å². The Labute approximate surface area is 327 Å². The molecule has 1 saturated carbocycles. The van der Waals surface area contributed by atoms with Gasteiger partial charge in [0.1, 0.15) is 17.0 Å². The third kappa shape index (κ3) is 5.11. The molecule has 1 N–H and O–H groups in total. The lowest BCUT2D eigenvalue weighted by Gasteiger charge is -2.55. The molecule has 2 heterocycles. The van der Waals surface area contributed by atoms with E-state index in [1.165, 1.54) is 24.2 Å². The molecule has 1 aromatic heterocycles. The number of para-hydroxylation sites is 2. The van der Waals surface area contributed by atoms with Crippen LogP contribution in [-0.4, -0.2) is 40.6 Å². The number of amides is 2. The Morgan fingerprint density at radius 3 is 2.23 bits per heavy atom. The molecule has 9 nitrogen and oxygen atoms in total. The van der Waals surface area contributed by atoms with Gasteiger partial charge in [0.05, 0.1) is 30.0 Å². The normalized spacial score (nSPS) is 25.4. The number of rotatable bonds is 6. The minimum absolute atomic E-state index is 0.0929. The molecule has 10 rings (SSSR count). The summed E-state index contributed by atoms with van der Waals surface area (Å²) in [5.74, 6) is -4.18. The topological polar surface area (TPSA) is 127 Å². The minimum atomic E-state index is -1.45. The Hall–Kier alpha value is -6.87. The second-order valence-corrected chi connectivity index (χ2v) is 15.3. The van der Waals surface area contributed by atoms with Crippen molar-refractivity contribution in [3.8, 4) is 23.0 Å². The van der Waals surface area contributed by atoms with Crippen LogP contribution in [0.2, 0.25) is 0 Å². The van der Waals surface area contributed by atoms with Crippen LogP contribution >= 0.6 is 0 Å². The zero-order chi connectivity index (χ0) is 39.0. The van der Waals surface area contributed by atoms with E-state index in [0.717, 1.165) is 11.1 Å². The van der Waals surface area contributed by atoms with Gasteiger partial charge in [0.25, 0.3) is 0 Å². The van der Waals surface area contributed by atoms with Gasteiger partial charge >= 0.3 is 0 Å². The Kier molecular flexibility index (Phi) is 7.97. The molecule has 5 aromatic carbocycles. The molecule has 280 valence electrons. The van der Waals surface area contributed by atoms with Gasteiger partial charge in [0.2, 0.25) is 17.7 Å². The zero-order valence-corrected chi connectivity index (χ0v) is 30.9. The maximum atomic E-state index is 15.2. The highest BCUT2D eigenvalue weighted by molar-refractivity contribution is 6.32. The number of oxazole rings is 1. The van der Waals surface area contributed by atoms with E-state index >= 15 is 9.59 Å². The van der Waals surface area contributed by atoms with Crippen LogP contribution in [0.4, 0.5) is 5.69 Å². The predicted octanol–water partition coefficient (Wildman–Crippen LogP) is 8.24. The van der Waals surface area contributed by atoms with Crippen LogP contribution in [0.1, 0.15) is 35.4 Å². The van der Waals surface area contributed by atoms with E-state index in [1.807, 2.05) is 91.0 Å².